The monoisotopic (exact) mass is 325 g/mol. The van der Waals surface area contributed by atoms with Crippen LogP contribution < -0.4 is 5.32 Å². The lowest BCUT2D eigenvalue weighted by atomic mass is 10.1. The first-order valence-electron chi connectivity index (χ1n) is 8.28. The number of pyridine rings is 1. The van der Waals surface area contributed by atoms with Gasteiger partial charge >= 0.3 is 0 Å². The van der Waals surface area contributed by atoms with Gasteiger partial charge in [0.15, 0.2) is 0 Å². The molecule has 1 aromatic carbocycles. The highest BCUT2D eigenvalue weighted by Crippen LogP contribution is 2.17. The highest BCUT2D eigenvalue weighted by molar-refractivity contribution is 6.04. The van der Waals surface area contributed by atoms with Crippen molar-refractivity contribution in [3.63, 3.8) is 0 Å². The van der Waals surface area contributed by atoms with Crippen LogP contribution in [0.2, 0.25) is 0 Å². The Hall–Kier alpha value is -2.24. The maximum Gasteiger partial charge on any atom is 0.255 e. The second kappa shape index (κ2) is 7.55. The zero-order valence-electron chi connectivity index (χ0n) is 14.1. The Morgan fingerprint density at radius 3 is 2.62 bits per heavy atom. The molecule has 2 atom stereocenters. The van der Waals surface area contributed by atoms with Crippen LogP contribution in [0.4, 0.5) is 5.69 Å². The number of morpholine rings is 1. The first-order chi connectivity index (χ1) is 11.6. The molecule has 24 heavy (non-hydrogen) atoms. The number of aromatic nitrogens is 1. The lowest BCUT2D eigenvalue weighted by Gasteiger charge is -2.35. The molecule has 0 saturated carbocycles. The molecule has 1 aliphatic rings. The van der Waals surface area contributed by atoms with Gasteiger partial charge in [0.2, 0.25) is 0 Å². The third kappa shape index (κ3) is 4.40. The van der Waals surface area contributed by atoms with Crippen molar-refractivity contribution < 1.29 is 9.53 Å². The Labute approximate surface area is 142 Å². The smallest absolute Gasteiger partial charge is 0.255 e. The van der Waals surface area contributed by atoms with Crippen LogP contribution in [-0.2, 0) is 11.3 Å². The van der Waals surface area contributed by atoms with Crippen LogP contribution in [0.3, 0.4) is 0 Å². The molecule has 126 valence electrons. The van der Waals surface area contributed by atoms with Gasteiger partial charge in [0, 0.05) is 43.3 Å². The molecule has 0 aliphatic carbocycles. The van der Waals surface area contributed by atoms with Gasteiger partial charge in [0.25, 0.3) is 5.91 Å². The molecule has 1 aliphatic heterocycles. The van der Waals surface area contributed by atoms with Crippen LogP contribution in [0.15, 0.2) is 48.8 Å². The summed E-state index contributed by atoms with van der Waals surface area (Å²) in [7, 11) is 0. The topological polar surface area (TPSA) is 54.5 Å². The molecular weight excluding hydrogens is 302 g/mol. The number of ether oxygens (including phenoxy) is 1. The number of benzene rings is 1. The standard InChI is InChI=1S/C19H23N3O2/c1-14-11-22(12-15(2)24-14)13-16-4-3-5-18(10-16)21-19(23)17-6-8-20-9-7-17/h3-10,14-15H,11-13H2,1-2H3,(H,21,23)/t14-,15-/m0/s1. The Morgan fingerprint density at radius 1 is 1.21 bits per heavy atom. The molecule has 1 saturated heterocycles. The van der Waals surface area contributed by atoms with Crippen LogP contribution in [0, 0.1) is 0 Å². The van der Waals surface area contributed by atoms with E-state index in [-0.39, 0.29) is 18.1 Å². The summed E-state index contributed by atoms with van der Waals surface area (Å²) in [4.78, 5) is 18.6. The molecule has 5 nitrogen and oxygen atoms in total. The van der Waals surface area contributed by atoms with Gasteiger partial charge in [-0.3, -0.25) is 14.7 Å². The van der Waals surface area contributed by atoms with Crippen LogP contribution >= 0.6 is 0 Å². The highest BCUT2D eigenvalue weighted by Gasteiger charge is 2.22. The highest BCUT2D eigenvalue weighted by atomic mass is 16.5. The predicted octanol–water partition coefficient (Wildman–Crippen LogP) is 2.94. The molecule has 0 radical (unpaired) electrons. The van der Waals surface area contributed by atoms with Crippen molar-refractivity contribution in [3.8, 4) is 0 Å². The number of hydrogen-bond donors (Lipinski definition) is 1. The largest absolute Gasteiger partial charge is 0.373 e. The number of nitrogens with one attached hydrogen (secondary N) is 1. The predicted molar refractivity (Wildman–Crippen MR) is 93.9 cm³/mol. The molecule has 1 N–H and O–H groups in total. The average molecular weight is 325 g/mol. The van der Waals surface area contributed by atoms with Crippen LogP contribution in [0.5, 0.6) is 0 Å². The fourth-order valence-electron chi connectivity index (χ4n) is 3.13. The second-order valence-electron chi connectivity index (χ2n) is 6.34. The fourth-order valence-corrected chi connectivity index (χ4v) is 3.13. The number of nitrogens with zero attached hydrogens (tertiary/aromatic N) is 2. The molecule has 1 amide bonds. The minimum Gasteiger partial charge on any atom is -0.373 e. The van der Waals surface area contributed by atoms with E-state index >= 15 is 0 Å². The number of rotatable bonds is 4. The molecular formula is C19H23N3O2. The Bertz CT molecular complexity index is 680. The van der Waals surface area contributed by atoms with Crippen LogP contribution in [-0.4, -0.2) is 41.1 Å². The molecule has 2 aromatic rings. The van der Waals surface area contributed by atoms with Gasteiger partial charge in [-0.2, -0.15) is 0 Å². The molecule has 3 rings (SSSR count). The van der Waals surface area contributed by atoms with Crippen molar-refractivity contribution in [1.82, 2.24) is 9.88 Å². The van der Waals surface area contributed by atoms with Gasteiger partial charge in [-0.1, -0.05) is 12.1 Å². The van der Waals surface area contributed by atoms with Crippen molar-refractivity contribution in [3.05, 3.63) is 59.9 Å². The summed E-state index contributed by atoms with van der Waals surface area (Å²) in [5, 5.41) is 2.94. The van der Waals surface area contributed by atoms with E-state index < -0.39 is 0 Å². The first-order valence-corrected chi connectivity index (χ1v) is 8.28. The number of amides is 1. The average Bonchev–Trinajstić information content (AvgIpc) is 2.55. The Morgan fingerprint density at radius 2 is 1.92 bits per heavy atom. The molecule has 1 aromatic heterocycles. The summed E-state index contributed by atoms with van der Waals surface area (Å²) in [6, 6.07) is 11.4. The minimum atomic E-state index is -0.122. The number of hydrogen-bond acceptors (Lipinski definition) is 4. The maximum absolute atomic E-state index is 12.2. The molecule has 1 fully saturated rings. The lowest BCUT2D eigenvalue weighted by Crippen LogP contribution is -2.44. The van der Waals surface area contributed by atoms with Crippen molar-refractivity contribution in [1.29, 1.82) is 0 Å². The molecule has 2 heterocycles. The second-order valence-corrected chi connectivity index (χ2v) is 6.34. The van der Waals surface area contributed by atoms with Crippen molar-refractivity contribution in [2.24, 2.45) is 0 Å². The van der Waals surface area contributed by atoms with E-state index in [0.717, 1.165) is 25.3 Å². The van der Waals surface area contributed by atoms with Gasteiger partial charge in [-0.25, -0.2) is 0 Å². The number of anilines is 1. The van der Waals surface area contributed by atoms with E-state index in [1.165, 1.54) is 5.56 Å². The van der Waals surface area contributed by atoms with E-state index in [1.807, 2.05) is 18.2 Å². The molecule has 0 bridgehead atoms. The van der Waals surface area contributed by atoms with Crippen LogP contribution in [0.1, 0.15) is 29.8 Å². The summed E-state index contributed by atoms with van der Waals surface area (Å²) < 4.78 is 5.78. The van der Waals surface area contributed by atoms with Crippen molar-refractivity contribution >= 4 is 11.6 Å². The molecule has 5 heteroatoms. The quantitative estimate of drug-likeness (QED) is 0.939. The van der Waals surface area contributed by atoms with E-state index in [1.54, 1.807) is 24.5 Å². The van der Waals surface area contributed by atoms with E-state index in [0.29, 0.717) is 5.56 Å². The fraction of sp³-hybridized carbons (Fsp3) is 0.368. The third-order valence-electron chi connectivity index (χ3n) is 4.03. The van der Waals surface area contributed by atoms with Crippen molar-refractivity contribution in [2.45, 2.75) is 32.6 Å². The summed E-state index contributed by atoms with van der Waals surface area (Å²) >= 11 is 0. The van der Waals surface area contributed by atoms with Gasteiger partial charge in [-0.15, -0.1) is 0 Å². The molecule has 0 spiro atoms. The van der Waals surface area contributed by atoms with Gasteiger partial charge in [0.05, 0.1) is 12.2 Å². The van der Waals surface area contributed by atoms with E-state index in [2.05, 4.69) is 35.1 Å². The Balaban J connectivity index is 1.65. The number of carbonyl (C=O) groups excluding carboxylic acids is 1. The SMILES string of the molecule is C[C@H]1CN(Cc2cccc(NC(=O)c3ccncc3)c2)C[C@H](C)O1. The van der Waals surface area contributed by atoms with Crippen LogP contribution in [0.25, 0.3) is 0 Å². The summed E-state index contributed by atoms with van der Waals surface area (Å²) in [6.45, 7) is 6.93. The third-order valence-corrected chi connectivity index (χ3v) is 4.03. The van der Waals surface area contributed by atoms with Gasteiger partial charge < -0.3 is 10.1 Å². The van der Waals surface area contributed by atoms with E-state index in [9.17, 15) is 4.79 Å². The Kier molecular flexibility index (Phi) is 5.23. The lowest BCUT2D eigenvalue weighted by molar-refractivity contribution is -0.0704. The zero-order chi connectivity index (χ0) is 16.9. The first kappa shape index (κ1) is 16.6. The normalized spacial score (nSPS) is 21.4. The number of carbonyl (C=O) groups is 1. The summed E-state index contributed by atoms with van der Waals surface area (Å²) in [5.41, 5.74) is 2.60. The zero-order valence-corrected chi connectivity index (χ0v) is 14.1. The minimum absolute atomic E-state index is 0.122. The van der Waals surface area contributed by atoms with E-state index in [4.69, 9.17) is 4.74 Å². The maximum atomic E-state index is 12.2. The molecule has 0 unspecified atom stereocenters. The summed E-state index contributed by atoms with van der Waals surface area (Å²) in [5.74, 6) is -0.122. The van der Waals surface area contributed by atoms with Crippen molar-refractivity contribution in [2.75, 3.05) is 18.4 Å². The van der Waals surface area contributed by atoms with Gasteiger partial charge in [0.1, 0.15) is 0 Å². The summed E-state index contributed by atoms with van der Waals surface area (Å²) in [6.07, 6.45) is 3.74. The van der Waals surface area contributed by atoms with Gasteiger partial charge in [-0.05, 0) is 43.7 Å².